The van der Waals surface area contributed by atoms with E-state index < -0.39 is 0 Å². The van der Waals surface area contributed by atoms with Gasteiger partial charge in [0.2, 0.25) is 6.79 Å². The Hall–Kier alpha value is -2.14. The van der Waals surface area contributed by atoms with Crippen molar-refractivity contribution in [2.24, 2.45) is 0 Å². The molecule has 0 fully saturated rings. The number of nitrogens with one attached hydrogen (secondary N) is 1. The molecule has 0 atom stereocenters. The minimum absolute atomic E-state index is 0.313. The largest absolute Gasteiger partial charge is 0.454 e. The van der Waals surface area contributed by atoms with Gasteiger partial charge in [-0.15, -0.1) is 0 Å². The van der Waals surface area contributed by atoms with E-state index in [4.69, 9.17) is 9.47 Å². The van der Waals surface area contributed by atoms with Crippen LogP contribution in [0.15, 0.2) is 36.8 Å². The van der Waals surface area contributed by atoms with Gasteiger partial charge in [-0.2, -0.15) is 0 Å². The van der Waals surface area contributed by atoms with Crippen molar-refractivity contribution >= 4 is 0 Å². The van der Waals surface area contributed by atoms with Gasteiger partial charge in [-0.1, -0.05) is 6.07 Å². The Bertz CT molecular complexity index is 531. The van der Waals surface area contributed by atoms with Crippen molar-refractivity contribution in [2.45, 2.75) is 13.1 Å². The van der Waals surface area contributed by atoms with E-state index in [0.717, 1.165) is 35.8 Å². The molecule has 0 radical (unpaired) electrons. The van der Waals surface area contributed by atoms with Crippen LogP contribution >= 0.6 is 0 Å². The van der Waals surface area contributed by atoms with Crippen molar-refractivity contribution in [3.8, 4) is 11.5 Å². The molecule has 2 heterocycles. The van der Waals surface area contributed by atoms with Crippen LogP contribution in [-0.2, 0) is 13.1 Å². The first kappa shape index (κ1) is 11.0. The molecule has 92 valence electrons. The molecule has 0 bridgehead atoms. The maximum absolute atomic E-state index is 5.33. The third-order valence-corrected chi connectivity index (χ3v) is 2.72. The van der Waals surface area contributed by atoms with Crippen LogP contribution in [0, 0.1) is 0 Å². The average Bonchev–Trinajstić information content (AvgIpc) is 2.87. The van der Waals surface area contributed by atoms with Crippen molar-refractivity contribution in [1.29, 1.82) is 0 Å². The van der Waals surface area contributed by atoms with Crippen LogP contribution in [0.4, 0.5) is 0 Å². The molecule has 0 saturated carbocycles. The van der Waals surface area contributed by atoms with Crippen LogP contribution in [0.2, 0.25) is 0 Å². The predicted molar refractivity (Wildman–Crippen MR) is 65.1 cm³/mol. The molecule has 1 aliphatic rings. The van der Waals surface area contributed by atoms with Gasteiger partial charge in [0, 0.05) is 19.3 Å². The number of aromatic nitrogens is 2. The zero-order chi connectivity index (χ0) is 12.2. The highest BCUT2D eigenvalue weighted by atomic mass is 16.7. The zero-order valence-corrected chi connectivity index (χ0v) is 9.80. The van der Waals surface area contributed by atoms with E-state index in [0.29, 0.717) is 6.79 Å². The number of rotatable bonds is 4. The monoisotopic (exact) mass is 243 g/mol. The lowest BCUT2D eigenvalue weighted by molar-refractivity contribution is 0.174. The highest BCUT2D eigenvalue weighted by Crippen LogP contribution is 2.32. The molecule has 2 aromatic rings. The first-order valence-electron chi connectivity index (χ1n) is 5.76. The third kappa shape index (κ3) is 2.41. The fraction of sp³-hybridized carbons (Fsp3) is 0.231. The molecule has 1 aromatic carbocycles. The van der Waals surface area contributed by atoms with Gasteiger partial charge in [0.05, 0.1) is 5.69 Å². The molecule has 0 amide bonds. The second kappa shape index (κ2) is 5.01. The fourth-order valence-corrected chi connectivity index (χ4v) is 1.81. The van der Waals surface area contributed by atoms with Gasteiger partial charge >= 0.3 is 0 Å². The highest BCUT2D eigenvalue weighted by molar-refractivity contribution is 5.44. The van der Waals surface area contributed by atoms with E-state index in [-0.39, 0.29) is 0 Å². The summed E-state index contributed by atoms with van der Waals surface area (Å²) in [5.74, 6) is 1.63. The Morgan fingerprint density at radius 2 is 2.06 bits per heavy atom. The fourth-order valence-electron chi connectivity index (χ4n) is 1.81. The van der Waals surface area contributed by atoms with Gasteiger partial charge in [-0.3, -0.25) is 0 Å². The highest BCUT2D eigenvalue weighted by Gasteiger charge is 2.12. The quantitative estimate of drug-likeness (QED) is 0.881. The average molecular weight is 243 g/mol. The minimum atomic E-state index is 0.313. The number of benzene rings is 1. The molecule has 1 aliphatic heterocycles. The smallest absolute Gasteiger partial charge is 0.231 e. The molecule has 18 heavy (non-hydrogen) atoms. The molecular formula is C13H13N3O2. The van der Waals surface area contributed by atoms with Crippen molar-refractivity contribution in [3.05, 3.63) is 48.0 Å². The number of hydrogen-bond donors (Lipinski definition) is 1. The van der Waals surface area contributed by atoms with Gasteiger partial charge in [-0.05, 0) is 23.8 Å². The van der Waals surface area contributed by atoms with E-state index in [1.165, 1.54) is 0 Å². The molecule has 1 N–H and O–H groups in total. The second-order valence-electron chi connectivity index (χ2n) is 3.99. The first-order valence-corrected chi connectivity index (χ1v) is 5.76. The molecule has 0 aliphatic carbocycles. The lowest BCUT2D eigenvalue weighted by atomic mass is 10.2. The normalized spacial score (nSPS) is 12.7. The predicted octanol–water partition coefficient (Wildman–Crippen LogP) is 1.50. The topological polar surface area (TPSA) is 56.3 Å². The Morgan fingerprint density at radius 1 is 1.11 bits per heavy atom. The van der Waals surface area contributed by atoms with E-state index in [1.54, 1.807) is 12.5 Å². The summed E-state index contributed by atoms with van der Waals surface area (Å²) < 4.78 is 10.6. The van der Waals surface area contributed by atoms with Crippen LogP contribution in [0.5, 0.6) is 11.5 Å². The molecule has 5 nitrogen and oxygen atoms in total. The summed E-state index contributed by atoms with van der Waals surface area (Å²) >= 11 is 0. The summed E-state index contributed by atoms with van der Waals surface area (Å²) in [6, 6.07) is 7.85. The summed E-state index contributed by atoms with van der Waals surface area (Å²) in [7, 11) is 0. The molecule has 0 saturated heterocycles. The second-order valence-corrected chi connectivity index (χ2v) is 3.99. The number of ether oxygens (including phenoxy) is 2. The van der Waals surface area contributed by atoms with E-state index >= 15 is 0 Å². The number of fused-ring (bicyclic) bond motifs is 1. The molecule has 0 spiro atoms. The van der Waals surface area contributed by atoms with Gasteiger partial charge in [-0.25, -0.2) is 9.97 Å². The van der Waals surface area contributed by atoms with Crippen LogP contribution in [-0.4, -0.2) is 16.8 Å². The molecule has 1 aromatic heterocycles. The molecule has 0 unspecified atom stereocenters. The standard InChI is InChI=1S/C13H13N3O2/c1-2-12-13(18-9-17-12)5-10(1)6-15-7-11-3-4-14-8-16-11/h1-5,8,15H,6-7,9H2. The molecule has 3 rings (SSSR count). The zero-order valence-electron chi connectivity index (χ0n) is 9.80. The van der Waals surface area contributed by atoms with Gasteiger partial charge in [0.15, 0.2) is 11.5 Å². The minimum Gasteiger partial charge on any atom is -0.454 e. The van der Waals surface area contributed by atoms with Gasteiger partial charge in [0.1, 0.15) is 6.33 Å². The third-order valence-electron chi connectivity index (χ3n) is 2.72. The summed E-state index contributed by atoms with van der Waals surface area (Å²) in [4.78, 5) is 8.03. The van der Waals surface area contributed by atoms with Gasteiger partial charge < -0.3 is 14.8 Å². The molecular weight excluding hydrogens is 230 g/mol. The van der Waals surface area contributed by atoms with Crippen LogP contribution in [0.25, 0.3) is 0 Å². The van der Waals surface area contributed by atoms with Crippen LogP contribution in [0.3, 0.4) is 0 Å². The van der Waals surface area contributed by atoms with Crippen molar-refractivity contribution in [1.82, 2.24) is 15.3 Å². The van der Waals surface area contributed by atoms with E-state index in [1.807, 2.05) is 24.3 Å². The SMILES string of the molecule is c1cc(CNCc2ccc3c(c2)OCO3)ncn1. The van der Waals surface area contributed by atoms with Crippen molar-refractivity contribution in [2.75, 3.05) is 6.79 Å². The lowest BCUT2D eigenvalue weighted by Gasteiger charge is -2.05. The Labute approximate surface area is 105 Å². The Kier molecular flexibility index (Phi) is 3.06. The maximum Gasteiger partial charge on any atom is 0.231 e. The summed E-state index contributed by atoms with van der Waals surface area (Å²) in [6.07, 6.45) is 3.29. The van der Waals surface area contributed by atoms with Crippen LogP contribution in [0.1, 0.15) is 11.3 Å². The summed E-state index contributed by atoms with van der Waals surface area (Å²) in [5.41, 5.74) is 2.14. The van der Waals surface area contributed by atoms with Crippen LogP contribution < -0.4 is 14.8 Å². The van der Waals surface area contributed by atoms with E-state index in [2.05, 4.69) is 15.3 Å². The van der Waals surface area contributed by atoms with Crippen molar-refractivity contribution in [3.63, 3.8) is 0 Å². The summed E-state index contributed by atoms with van der Waals surface area (Å²) in [6.45, 7) is 1.80. The summed E-state index contributed by atoms with van der Waals surface area (Å²) in [5, 5.41) is 3.32. The van der Waals surface area contributed by atoms with Gasteiger partial charge in [0.25, 0.3) is 0 Å². The Balaban J connectivity index is 1.57. The lowest BCUT2D eigenvalue weighted by Crippen LogP contribution is -2.13. The number of hydrogen-bond acceptors (Lipinski definition) is 5. The van der Waals surface area contributed by atoms with Crippen molar-refractivity contribution < 1.29 is 9.47 Å². The Morgan fingerprint density at radius 3 is 2.94 bits per heavy atom. The maximum atomic E-state index is 5.33. The van der Waals surface area contributed by atoms with E-state index in [9.17, 15) is 0 Å². The molecule has 5 heteroatoms. The first-order chi connectivity index (χ1) is 8.92. The number of nitrogens with zero attached hydrogens (tertiary/aromatic N) is 2.